The molecule has 0 unspecified atom stereocenters. The molecule has 1 N–H and O–H groups in total. The van der Waals surface area contributed by atoms with E-state index in [1.165, 1.54) is 5.56 Å². The van der Waals surface area contributed by atoms with Gasteiger partial charge < -0.3 is 14.8 Å². The van der Waals surface area contributed by atoms with E-state index in [4.69, 9.17) is 9.47 Å². The number of ether oxygens (including phenoxy) is 2. The molecule has 1 amide bonds. The zero-order chi connectivity index (χ0) is 18.4. The quantitative estimate of drug-likeness (QED) is 0.694. The Morgan fingerprint density at radius 2 is 1.77 bits per heavy atom. The second kappa shape index (κ2) is 8.21. The number of anilines is 1. The number of amides is 1. The number of hydrogen-bond donors (Lipinski definition) is 1. The highest BCUT2D eigenvalue weighted by molar-refractivity contribution is 6.05. The van der Waals surface area contributed by atoms with Gasteiger partial charge in [-0.15, -0.1) is 0 Å². The van der Waals surface area contributed by atoms with Gasteiger partial charge in [-0.3, -0.25) is 4.79 Å². The van der Waals surface area contributed by atoms with Crippen LogP contribution < -0.4 is 14.8 Å². The third-order valence-corrected chi connectivity index (χ3v) is 3.94. The van der Waals surface area contributed by atoms with Crippen LogP contribution in [0.4, 0.5) is 5.69 Å². The van der Waals surface area contributed by atoms with Crippen molar-refractivity contribution >= 4 is 11.6 Å². The maximum Gasteiger partial charge on any atom is 0.255 e. The summed E-state index contributed by atoms with van der Waals surface area (Å²) in [5.41, 5.74) is 3.44. The van der Waals surface area contributed by atoms with Crippen molar-refractivity contribution in [3.8, 4) is 11.5 Å². The highest BCUT2D eigenvalue weighted by Gasteiger charge is 2.10. The first-order chi connectivity index (χ1) is 12.7. The first-order valence-electron chi connectivity index (χ1n) is 8.38. The van der Waals surface area contributed by atoms with Crippen molar-refractivity contribution in [3.63, 3.8) is 0 Å². The van der Waals surface area contributed by atoms with Crippen molar-refractivity contribution in [2.24, 2.45) is 0 Å². The third-order valence-electron chi connectivity index (χ3n) is 3.94. The number of para-hydroxylation sites is 2. The standard InChI is InChI=1S/C22H21NO3/c1-16-7-5-8-17(13-16)15-26-19-10-6-9-18(14-19)22(24)23-20-11-3-4-12-21(20)25-2/h3-14H,15H2,1-2H3,(H,23,24). The number of carbonyl (C=O) groups is 1. The van der Waals surface area contributed by atoms with E-state index < -0.39 is 0 Å². The second-order valence-corrected chi connectivity index (χ2v) is 5.96. The minimum Gasteiger partial charge on any atom is -0.495 e. The van der Waals surface area contributed by atoms with E-state index in [9.17, 15) is 4.79 Å². The van der Waals surface area contributed by atoms with Crippen LogP contribution in [0, 0.1) is 6.92 Å². The lowest BCUT2D eigenvalue weighted by molar-refractivity contribution is 0.102. The van der Waals surface area contributed by atoms with Crippen LogP contribution in [0.15, 0.2) is 72.8 Å². The maximum absolute atomic E-state index is 12.5. The summed E-state index contributed by atoms with van der Waals surface area (Å²) in [5, 5.41) is 2.87. The molecule has 4 nitrogen and oxygen atoms in total. The van der Waals surface area contributed by atoms with Crippen molar-refractivity contribution in [2.45, 2.75) is 13.5 Å². The van der Waals surface area contributed by atoms with E-state index in [2.05, 4.69) is 11.4 Å². The summed E-state index contributed by atoms with van der Waals surface area (Å²) in [6, 6.07) is 22.6. The highest BCUT2D eigenvalue weighted by Crippen LogP contribution is 2.24. The zero-order valence-corrected chi connectivity index (χ0v) is 14.9. The van der Waals surface area contributed by atoms with E-state index in [1.807, 2.05) is 49.4 Å². The van der Waals surface area contributed by atoms with Crippen LogP contribution in [-0.2, 0) is 6.61 Å². The monoisotopic (exact) mass is 347 g/mol. The fraction of sp³-hybridized carbons (Fsp3) is 0.136. The summed E-state index contributed by atoms with van der Waals surface area (Å²) in [7, 11) is 1.57. The fourth-order valence-corrected chi connectivity index (χ4v) is 2.64. The number of benzene rings is 3. The van der Waals surface area contributed by atoms with Crippen molar-refractivity contribution < 1.29 is 14.3 Å². The van der Waals surface area contributed by atoms with Crippen LogP contribution in [0.1, 0.15) is 21.5 Å². The molecule has 0 aliphatic carbocycles. The van der Waals surface area contributed by atoms with Gasteiger partial charge in [-0.25, -0.2) is 0 Å². The molecule has 0 saturated carbocycles. The predicted octanol–water partition coefficient (Wildman–Crippen LogP) is 4.83. The molecule has 0 heterocycles. The number of hydrogen-bond acceptors (Lipinski definition) is 3. The molecule has 3 aromatic carbocycles. The van der Waals surface area contributed by atoms with E-state index >= 15 is 0 Å². The molecule has 3 aromatic rings. The molecule has 4 heteroatoms. The SMILES string of the molecule is COc1ccccc1NC(=O)c1cccc(OCc2cccc(C)c2)c1. The lowest BCUT2D eigenvalue weighted by Crippen LogP contribution is -2.12. The number of nitrogens with one attached hydrogen (secondary N) is 1. The van der Waals surface area contributed by atoms with Crippen molar-refractivity contribution in [1.82, 2.24) is 0 Å². The molecule has 0 fully saturated rings. The molecule has 0 atom stereocenters. The molecule has 3 rings (SSSR count). The van der Waals surface area contributed by atoms with Crippen LogP contribution in [0.5, 0.6) is 11.5 Å². The lowest BCUT2D eigenvalue weighted by atomic mass is 10.1. The molecule has 0 spiro atoms. The van der Waals surface area contributed by atoms with Gasteiger partial charge in [0.05, 0.1) is 12.8 Å². The van der Waals surface area contributed by atoms with Crippen LogP contribution in [0.2, 0.25) is 0 Å². The second-order valence-electron chi connectivity index (χ2n) is 5.96. The average molecular weight is 347 g/mol. The Balaban J connectivity index is 1.69. The van der Waals surface area contributed by atoms with Gasteiger partial charge in [0.15, 0.2) is 0 Å². The molecule has 132 valence electrons. The molecule has 0 bridgehead atoms. The highest BCUT2D eigenvalue weighted by atomic mass is 16.5. The molecule has 26 heavy (non-hydrogen) atoms. The number of carbonyl (C=O) groups excluding carboxylic acids is 1. The smallest absolute Gasteiger partial charge is 0.255 e. The van der Waals surface area contributed by atoms with Gasteiger partial charge in [0.25, 0.3) is 5.91 Å². The van der Waals surface area contributed by atoms with Crippen LogP contribution in [-0.4, -0.2) is 13.0 Å². The Bertz CT molecular complexity index is 905. The molecule has 0 aliphatic heterocycles. The Morgan fingerprint density at radius 3 is 2.58 bits per heavy atom. The van der Waals surface area contributed by atoms with Gasteiger partial charge in [-0.05, 0) is 42.8 Å². The topological polar surface area (TPSA) is 47.6 Å². The van der Waals surface area contributed by atoms with Crippen LogP contribution in [0.3, 0.4) is 0 Å². The largest absolute Gasteiger partial charge is 0.495 e. The van der Waals surface area contributed by atoms with E-state index in [0.717, 1.165) is 5.56 Å². The van der Waals surface area contributed by atoms with E-state index in [1.54, 1.807) is 31.4 Å². The Morgan fingerprint density at radius 1 is 0.962 bits per heavy atom. The summed E-state index contributed by atoms with van der Waals surface area (Å²) in [5.74, 6) is 1.06. The Hall–Kier alpha value is -3.27. The van der Waals surface area contributed by atoms with E-state index in [0.29, 0.717) is 29.4 Å². The molecule has 0 aromatic heterocycles. The molecular formula is C22H21NO3. The van der Waals surface area contributed by atoms with E-state index in [-0.39, 0.29) is 5.91 Å². The first kappa shape index (κ1) is 17.5. The summed E-state index contributed by atoms with van der Waals surface area (Å²) in [6.07, 6.45) is 0. The normalized spacial score (nSPS) is 10.2. The summed E-state index contributed by atoms with van der Waals surface area (Å²) < 4.78 is 11.1. The number of rotatable bonds is 6. The third kappa shape index (κ3) is 4.42. The fourth-order valence-electron chi connectivity index (χ4n) is 2.64. The van der Waals surface area contributed by atoms with Gasteiger partial charge >= 0.3 is 0 Å². The Kier molecular flexibility index (Phi) is 5.54. The van der Waals surface area contributed by atoms with Crippen LogP contribution >= 0.6 is 0 Å². The lowest BCUT2D eigenvalue weighted by Gasteiger charge is -2.11. The molecule has 0 aliphatic rings. The van der Waals surface area contributed by atoms with Crippen molar-refractivity contribution in [2.75, 3.05) is 12.4 Å². The summed E-state index contributed by atoms with van der Waals surface area (Å²) >= 11 is 0. The molecular weight excluding hydrogens is 326 g/mol. The summed E-state index contributed by atoms with van der Waals surface area (Å²) in [6.45, 7) is 2.51. The minimum atomic E-state index is -0.212. The molecule has 0 saturated heterocycles. The van der Waals surface area contributed by atoms with Crippen molar-refractivity contribution in [3.05, 3.63) is 89.5 Å². The molecule has 0 radical (unpaired) electrons. The number of methoxy groups -OCH3 is 1. The minimum absolute atomic E-state index is 0.212. The summed E-state index contributed by atoms with van der Waals surface area (Å²) in [4.78, 5) is 12.5. The zero-order valence-electron chi connectivity index (χ0n) is 14.9. The van der Waals surface area contributed by atoms with Crippen molar-refractivity contribution in [1.29, 1.82) is 0 Å². The first-order valence-corrected chi connectivity index (χ1v) is 8.38. The average Bonchev–Trinajstić information content (AvgIpc) is 2.67. The number of aryl methyl sites for hydroxylation is 1. The van der Waals surface area contributed by atoms with Gasteiger partial charge in [-0.1, -0.05) is 48.0 Å². The van der Waals surface area contributed by atoms with Gasteiger partial charge in [-0.2, -0.15) is 0 Å². The van der Waals surface area contributed by atoms with Crippen LogP contribution in [0.25, 0.3) is 0 Å². The predicted molar refractivity (Wildman–Crippen MR) is 103 cm³/mol. The maximum atomic E-state index is 12.5. The Labute approximate surface area is 153 Å². The van der Waals surface area contributed by atoms with Gasteiger partial charge in [0.1, 0.15) is 18.1 Å². The van der Waals surface area contributed by atoms with Gasteiger partial charge in [0, 0.05) is 5.56 Å². The van der Waals surface area contributed by atoms with Gasteiger partial charge in [0.2, 0.25) is 0 Å².